The molecule has 1 aliphatic rings. The summed E-state index contributed by atoms with van der Waals surface area (Å²) in [6.45, 7) is 1.88. The molecule has 0 aliphatic heterocycles. The molecule has 0 spiro atoms. The summed E-state index contributed by atoms with van der Waals surface area (Å²) in [6, 6.07) is 2.90. The molecular weight excluding hydrogens is 179 g/mol. The van der Waals surface area contributed by atoms with Crippen LogP contribution < -0.4 is 0 Å². The fraction of sp³-hybridized carbons (Fsp3) is 0.417. The third-order valence-corrected chi connectivity index (χ3v) is 2.82. The second-order valence-corrected chi connectivity index (χ2v) is 3.88. The van der Waals surface area contributed by atoms with Crippen molar-refractivity contribution in [3.05, 3.63) is 34.6 Å². The van der Waals surface area contributed by atoms with E-state index in [0.717, 1.165) is 30.4 Å². The van der Waals surface area contributed by atoms with E-state index in [1.54, 1.807) is 0 Å². The summed E-state index contributed by atoms with van der Waals surface area (Å²) in [4.78, 5) is 11.6. The molecular formula is C12H13FO. The number of Topliss-reactive ketones (excluding diaryl/α,β-unsaturated/α-hetero) is 1. The van der Waals surface area contributed by atoms with Gasteiger partial charge in [-0.15, -0.1) is 0 Å². The molecule has 0 saturated heterocycles. The summed E-state index contributed by atoms with van der Waals surface area (Å²) in [7, 11) is 0. The predicted molar refractivity (Wildman–Crippen MR) is 53.0 cm³/mol. The highest BCUT2D eigenvalue weighted by Crippen LogP contribution is 2.24. The summed E-state index contributed by atoms with van der Waals surface area (Å²) >= 11 is 0. The van der Waals surface area contributed by atoms with Crippen molar-refractivity contribution in [2.45, 2.75) is 32.6 Å². The van der Waals surface area contributed by atoms with Gasteiger partial charge in [0, 0.05) is 12.0 Å². The first-order valence-corrected chi connectivity index (χ1v) is 5.00. The Hall–Kier alpha value is -1.18. The Morgan fingerprint density at radius 2 is 1.93 bits per heavy atom. The van der Waals surface area contributed by atoms with Gasteiger partial charge in [0.25, 0.3) is 0 Å². The van der Waals surface area contributed by atoms with Gasteiger partial charge in [-0.3, -0.25) is 4.79 Å². The lowest BCUT2D eigenvalue weighted by Crippen LogP contribution is -2.03. The van der Waals surface area contributed by atoms with Gasteiger partial charge in [0.2, 0.25) is 0 Å². The largest absolute Gasteiger partial charge is 0.294 e. The van der Waals surface area contributed by atoms with E-state index in [1.807, 2.05) is 6.92 Å². The van der Waals surface area contributed by atoms with Crippen LogP contribution in [0.2, 0.25) is 0 Å². The van der Waals surface area contributed by atoms with Crippen LogP contribution in [0.15, 0.2) is 12.1 Å². The second-order valence-electron chi connectivity index (χ2n) is 3.88. The number of hydrogen-bond acceptors (Lipinski definition) is 1. The fourth-order valence-electron chi connectivity index (χ4n) is 2.08. The monoisotopic (exact) mass is 192 g/mol. The Morgan fingerprint density at radius 1 is 1.21 bits per heavy atom. The van der Waals surface area contributed by atoms with Crippen LogP contribution in [-0.2, 0) is 6.42 Å². The molecule has 14 heavy (non-hydrogen) atoms. The van der Waals surface area contributed by atoms with Crippen molar-refractivity contribution in [3.8, 4) is 0 Å². The van der Waals surface area contributed by atoms with Crippen LogP contribution in [-0.4, -0.2) is 5.78 Å². The van der Waals surface area contributed by atoms with E-state index < -0.39 is 0 Å². The van der Waals surface area contributed by atoms with Crippen LogP contribution in [0.4, 0.5) is 4.39 Å². The maximum atomic E-state index is 13.1. The number of carbonyl (C=O) groups excluding carboxylic acids is 1. The van der Waals surface area contributed by atoms with Crippen molar-refractivity contribution in [1.29, 1.82) is 0 Å². The zero-order valence-electron chi connectivity index (χ0n) is 8.27. The maximum absolute atomic E-state index is 13.1. The Labute approximate surface area is 82.9 Å². The highest BCUT2D eigenvalue weighted by molar-refractivity contribution is 5.98. The molecule has 74 valence electrons. The van der Waals surface area contributed by atoms with E-state index in [2.05, 4.69) is 0 Å². The number of halogens is 1. The van der Waals surface area contributed by atoms with Gasteiger partial charge in [0.1, 0.15) is 5.82 Å². The Morgan fingerprint density at radius 3 is 2.71 bits per heavy atom. The molecule has 1 aliphatic carbocycles. The van der Waals surface area contributed by atoms with Gasteiger partial charge in [0.05, 0.1) is 0 Å². The van der Waals surface area contributed by atoms with Crippen molar-refractivity contribution in [1.82, 2.24) is 0 Å². The van der Waals surface area contributed by atoms with E-state index in [9.17, 15) is 9.18 Å². The van der Waals surface area contributed by atoms with Crippen molar-refractivity contribution >= 4 is 5.78 Å². The number of hydrogen-bond donors (Lipinski definition) is 0. The molecule has 0 bridgehead atoms. The maximum Gasteiger partial charge on any atom is 0.163 e. The van der Waals surface area contributed by atoms with E-state index in [0.29, 0.717) is 12.0 Å². The lowest BCUT2D eigenvalue weighted by molar-refractivity contribution is 0.0981. The lowest BCUT2D eigenvalue weighted by Gasteiger charge is -2.08. The third kappa shape index (κ3) is 1.57. The minimum atomic E-state index is -0.295. The lowest BCUT2D eigenvalue weighted by atomic mass is 9.97. The molecule has 0 heterocycles. The molecule has 0 aromatic heterocycles. The van der Waals surface area contributed by atoms with Gasteiger partial charge < -0.3 is 0 Å². The minimum Gasteiger partial charge on any atom is -0.294 e. The summed E-state index contributed by atoms with van der Waals surface area (Å²) in [6.07, 6.45) is 3.43. The zero-order valence-corrected chi connectivity index (χ0v) is 8.27. The smallest absolute Gasteiger partial charge is 0.163 e. The van der Waals surface area contributed by atoms with Crippen molar-refractivity contribution < 1.29 is 9.18 Å². The van der Waals surface area contributed by atoms with Crippen LogP contribution in [0.1, 0.15) is 40.7 Å². The topological polar surface area (TPSA) is 17.1 Å². The van der Waals surface area contributed by atoms with Gasteiger partial charge in [-0.2, -0.15) is 0 Å². The number of rotatable bonds is 0. The first-order valence-electron chi connectivity index (χ1n) is 5.00. The first-order chi connectivity index (χ1) is 6.68. The number of ketones is 1. The summed E-state index contributed by atoms with van der Waals surface area (Å²) in [5.41, 5.74) is 2.57. The van der Waals surface area contributed by atoms with Crippen molar-refractivity contribution in [2.24, 2.45) is 0 Å². The quantitative estimate of drug-likeness (QED) is 0.577. The van der Waals surface area contributed by atoms with Crippen molar-refractivity contribution in [2.75, 3.05) is 0 Å². The Bertz CT molecular complexity index is 382. The Balaban J connectivity index is 2.58. The standard InChI is InChI=1S/C12H13FO/c1-8-6-9(13)7-11-10(8)4-2-3-5-12(11)14/h6-7H,2-5H2,1H3. The van der Waals surface area contributed by atoms with Crippen LogP contribution in [0.3, 0.4) is 0 Å². The van der Waals surface area contributed by atoms with Crippen LogP contribution in [0.5, 0.6) is 0 Å². The molecule has 0 fully saturated rings. The molecule has 0 amide bonds. The summed E-state index contributed by atoms with van der Waals surface area (Å²) < 4.78 is 13.1. The van der Waals surface area contributed by atoms with Crippen LogP contribution in [0.25, 0.3) is 0 Å². The fourth-order valence-corrected chi connectivity index (χ4v) is 2.08. The van der Waals surface area contributed by atoms with E-state index in [-0.39, 0.29) is 11.6 Å². The SMILES string of the molecule is Cc1cc(F)cc2c1CCCCC2=O. The van der Waals surface area contributed by atoms with Crippen LogP contribution in [0, 0.1) is 12.7 Å². The van der Waals surface area contributed by atoms with E-state index in [1.165, 1.54) is 12.1 Å². The van der Waals surface area contributed by atoms with Gasteiger partial charge in [-0.25, -0.2) is 4.39 Å². The van der Waals surface area contributed by atoms with Gasteiger partial charge >= 0.3 is 0 Å². The summed E-state index contributed by atoms with van der Waals surface area (Å²) in [5, 5.41) is 0. The molecule has 1 aromatic carbocycles. The molecule has 2 rings (SSSR count). The third-order valence-electron chi connectivity index (χ3n) is 2.82. The molecule has 1 nitrogen and oxygen atoms in total. The number of benzene rings is 1. The number of carbonyl (C=O) groups is 1. The van der Waals surface area contributed by atoms with Crippen molar-refractivity contribution in [3.63, 3.8) is 0 Å². The average Bonchev–Trinajstić information content (AvgIpc) is 2.29. The van der Waals surface area contributed by atoms with E-state index >= 15 is 0 Å². The van der Waals surface area contributed by atoms with Gasteiger partial charge in [0.15, 0.2) is 5.78 Å². The molecule has 0 radical (unpaired) electrons. The van der Waals surface area contributed by atoms with E-state index in [4.69, 9.17) is 0 Å². The molecule has 0 N–H and O–H groups in total. The highest BCUT2D eigenvalue weighted by Gasteiger charge is 2.17. The first kappa shape index (κ1) is 9.38. The molecule has 1 aromatic rings. The second kappa shape index (κ2) is 3.52. The molecule has 2 heteroatoms. The predicted octanol–water partition coefficient (Wildman–Crippen LogP) is 3.04. The molecule has 0 atom stereocenters. The van der Waals surface area contributed by atoms with Crippen LogP contribution >= 0.6 is 0 Å². The number of aryl methyl sites for hydroxylation is 1. The highest BCUT2D eigenvalue weighted by atomic mass is 19.1. The minimum absolute atomic E-state index is 0.0973. The normalized spacial score (nSPS) is 16.3. The zero-order chi connectivity index (χ0) is 10.1. The number of fused-ring (bicyclic) bond motifs is 1. The Kier molecular flexibility index (Phi) is 2.36. The molecule has 0 saturated carbocycles. The molecule has 0 unspecified atom stereocenters. The van der Waals surface area contributed by atoms with Gasteiger partial charge in [-0.1, -0.05) is 0 Å². The summed E-state index contributed by atoms with van der Waals surface area (Å²) in [5.74, 6) is -0.198. The van der Waals surface area contributed by atoms with Gasteiger partial charge in [-0.05, 0) is 49.4 Å². The average molecular weight is 192 g/mol.